The van der Waals surface area contributed by atoms with Gasteiger partial charge >= 0.3 is 0 Å². The molecular weight excluding hydrogens is 593 g/mol. The summed E-state index contributed by atoms with van der Waals surface area (Å²) in [5.74, 6) is -0.783. The Hall–Kier alpha value is -3.07. The molecule has 0 radical (unpaired) electrons. The van der Waals surface area contributed by atoms with E-state index in [9.17, 15) is 18.0 Å². The molecule has 3 aromatic rings. The van der Waals surface area contributed by atoms with E-state index in [4.69, 9.17) is 23.2 Å². The first-order chi connectivity index (χ1) is 20.0. The van der Waals surface area contributed by atoms with E-state index in [-0.39, 0.29) is 40.6 Å². The number of carbonyl (C=O) groups excluding carboxylic acids is 2. The minimum atomic E-state index is -3.95. The van der Waals surface area contributed by atoms with Crippen LogP contribution in [-0.4, -0.2) is 50.0 Å². The third kappa shape index (κ3) is 8.72. The fraction of sp³-hybridized carbons (Fsp3) is 0.375. The molecule has 2 amide bonds. The standard InChI is InChI=1S/C32H37Cl2N3O4S/c1-23-13-15-25(16-14-23)21-36(31(38)22-37(42(2,40)41)29-20-26(33)17-18-28(29)34)30(19-24-9-5-3-6-10-24)32(39)35-27-11-7-4-8-12-27/h3,5-6,9-10,13-18,20,27,30H,4,7-8,11-12,19,21-22H2,1-2H3,(H,35,39)/t30-/m1/s1. The van der Waals surface area contributed by atoms with Crippen LogP contribution in [0.1, 0.15) is 48.8 Å². The van der Waals surface area contributed by atoms with Crippen LogP contribution in [0.2, 0.25) is 10.0 Å². The fourth-order valence-corrected chi connectivity index (χ4v) is 6.55. The summed E-state index contributed by atoms with van der Waals surface area (Å²) >= 11 is 12.6. The second-order valence-electron chi connectivity index (χ2n) is 10.9. The molecule has 1 atom stereocenters. The van der Waals surface area contributed by atoms with Crippen molar-refractivity contribution in [3.05, 3.63) is 99.5 Å². The van der Waals surface area contributed by atoms with E-state index >= 15 is 0 Å². The number of hydrogen-bond acceptors (Lipinski definition) is 4. The van der Waals surface area contributed by atoms with Gasteiger partial charge in [0.2, 0.25) is 21.8 Å². The highest BCUT2D eigenvalue weighted by Gasteiger charge is 2.34. The maximum Gasteiger partial charge on any atom is 0.244 e. The highest BCUT2D eigenvalue weighted by Crippen LogP contribution is 2.31. The summed E-state index contributed by atoms with van der Waals surface area (Å²) in [7, 11) is -3.95. The van der Waals surface area contributed by atoms with Crippen molar-refractivity contribution >= 4 is 50.7 Å². The van der Waals surface area contributed by atoms with Gasteiger partial charge in [0.1, 0.15) is 12.6 Å². The van der Waals surface area contributed by atoms with Crippen molar-refractivity contribution in [1.82, 2.24) is 10.2 Å². The van der Waals surface area contributed by atoms with Gasteiger partial charge in [0, 0.05) is 24.0 Å². The Kier molecular flexibility index (Phi) is 10.9. The summed E-state index contributed by atoms with van der Waals surface area (Å²) in [5.41, 5.74) is 2.87. The normalized spacial score (nSPS) is 14.7. The number of benzene rings is 3. The van der Waals surface area contributed by atoms with Gasteiger partial charge in [-0.25, -0.2) is 8.42 Å². The van der Waals surface area contributed by atoms with E-state index in [0.717, 1.165) is 59.4 Å². The summed E-state index contributed by atoms with van der Waals surface area (Å²) < 4.78 is 26.9. The molecule has 0 unspecified atom stereocenters. The monoisotopic (exact) mass is 629 g/mol. The first-order valence-electron chi connectivity index (χ1n) is 14.1. The average Bonchev–Trinajstić information content (AvgIpc) is 2.96. The number of nitrogens with one attached hydrogen (secondary N) is 1. The molecule has 10 heteroatoms. The Morgan fingerprint density at radius 1 is 0.929 bits per heavy atom. The van der Waals surface area contributed by atoms with E-state index in [1.165, 1.54) is 17.0 Å². The zero-order valence-electron chi connectivity index (χ0n) is 23.9. The Labute approximate surface area is 258 Å². The van der Waals surface area contributed by atoms with Crippen LogP contribution in [0.25, 0.3) is 0 Å². The van der Waals surface area contributed by atoms with Gasteiger partial charge < -0.3 is 10.2 Å². The first kappa shape index (κ1) is 31.9. The molecule has 4 rings (SSSR count). The zero-order valence-corrected chi connectivity index (χ0v) is 26.3. The smallest absolute Gasteiger partial charge is 0.244 e. The largest absolute Gasteiger partial charge is 0.352 e. The van der Waals surface area contributed by atoms with Crippen LogP contribution in [0.15, 0.2) is 72.8 Å². The number of anilines is 1. The van der Waals surface area contributed by atoms with Crippen molar-refractivity contribution in [3.8, 4) is 0 Å². The number of nitrogens with zero attached hydrogens (tertiary/aromatic N) is 2. The van der Waals surface area contributed by atoms with Crippen LogP contribution in [0.3, 0.4) is 0 Å². The topological polar surface area (TPSA) is 86.8 Å². The lowest BCUT2D eigenvalue weighted by atomic mass is 9.94. The molecule has 0 saturated heterocycles. The van der Waals surface area contributed by atoms with Gasteiger partial charge in [0.25, 0.3) is 0 Å². The summed E-state index contributed by atoms with van der Waals surface area (Å²) in [4.78, 5) is 29.7. The van der Waals surface area contributed by atoms with E-state index in [1.807, 2.05) is 61.5 Å². The molecule has 0 heterocycles. The van der Waals surface area contributed by atoms with E-state index in [1.54, 1.807) is 6.07 Å². The molecule has 224 valence electrons. The zero-order chi connectivity index (χ0) is 30.3. The highest BCUT2D eigenvalue weighted by molar-refractivity contribution is 7.92. The first-order valence-corrected chi connectivity index (χ1v) is 16.7. The second-order valence-corrected chi connectivity index (χ2v) is 13.7. The molecule has 0 bridgehead atoms. The number of carbonyl (C=O) groups is 2. The Morgan fingerprint density at radius 2 is 1.60 bits per heavy atom. The van der Waals surface area contributed by atoms with Gasteiger partial charge in [-0.05, 0) is 49.1 Å². The lowest BCUT2D eigenvalue weighted by Gasteiger charge is -2.35. The van der Waals surface area contributed by atoms with E-state index < -0.39 is 28.5 Å². The number of amides is 2. The number of sulfonamides is 1. The number of hydrogen-bond donors (Lipinski definition) is 1. The Balaban J connectivity index is 1.73. The summed E-state index contributed by atoms with van der Waals surface area (Å²) in [6, 6.07) is 20.9. The van der Waals surface area contributed by atoms with Crippen LogP contribution in [0, 0.1) is 6.92 Å². The van der Waals surface area contributed by atoms with Crippen molar-refractivity contribution in [3.63, 3.8) is 0 Å². The van der Waals surface area contributed by atoms with Crippen LogP contribution in [0.4, 0.5) is 5.69 Å². The maximum absolute atomic E-state index is 14.2. The third-order valence-electron chi connectivity index (χ3n) is 7.55. The van der Waals surface area contributed by atoms with Crippen molar-refractivity contribution < 1.29 is 18.0 Å². The molecule has 3 aromatic carbocycles. The molecule has 1 fully saturated rings. The predicted molar refractivity (Wildman–Crippen MR) is 169 cm³/mol. The van der Waals surface area contributed by atoms with Crippen molar-refractivity contribution in [2.75, 3.05) is 17.1 Å². The maximum atomic E-state index is 14.2. The molecule has 1 aliphatic carbocycles. The lowest BCUT2D eigenvalue weighted by Crippen LogP contribution is -2.55. The molecule has 7 nitrogen and oxygen atoms in total. The average molecular weight is 631 g/mol. The van der Waals surface area contributed by atoms with Gasteiger partial charge in [-0.3, -0.25) is 13.9 Å². The van der Waals surface area contributed by atoms with Crippen LogP contribution >= 0.6 is 23.2 Å². The summed E-state index contributed by atoms with van der Waals surface area (Å²) in [6.07, 6.45) is 6.31. The molecule has 0 aliphatic heterocycles. The Morgan fingerprint density at radius 3 is 2.24 bits per heavy atom. The van der Waals surface area contributed by atoms with Gasteiger partial charge in [-0.1, -0.05) is 103 Å². The highest BCUT2D eigenvalue weighted by atomic mass is 35.5. The summed E-state index contributed by atoms with van der Waals surface area (Å²) in [5, 5.41) is 3.61. The molecule has 1 N–H and O–H groups in total. The Bertz CT molecular complexity index is 1480. The quantitative estimate of drug-likeness (QED) is 0.275. The van der Waals surface area contributed by atoms with Gasteiger partial charge in [-0.15, -0.1) is 0 Å². The van der Waals surface area contributed by atoms with Crippen molar-refractivity contribution in [1.29, 1.82) is 0 Å². The second kappa shape index (κ2) is 14.4. The fourth-order valence-electron chi connectivity index (χ4n) is 5.26. The minimum Gasteiger partial charge on any atom is -0.352 e. The van der Waals surface area contributed by atoms with Gasteiger partial charge in [-0.2, -0.15) is 0 Å². The number of rotatable bonds is 11. The molecular formula is C32H37Cl2N3O4S. The predicted octanol–water partition coefficient (Wildman–Crippen LogP) is 6.16. The van der Waals surface area contributed by atoms with Crippen molar-refractivity contribution in [2.24, 2.45) is 0 Å². The van der Waals surface area contributed by atoms with Gasteiger partial charge in [0.05, 0.1) is 17.0 Å². The molecule has 1 aliphatic rings. The third-order valence-corrected chi connectivity index (χ3v) is 9.23. The number of aryl methyl sites for hydroxylation is 1. The summed E-state index contributed by atoms with van der Waals surface area (Å²) in [6.45, 7) is 1.55. The molecule has 0 aromatic heterocycles. The SMILES string of the molecule is Cc1ccc(CN(C(=O)CN(c2cc(Cl)ccc2Cl)S(C)(=O)=O)[C@H](Cc2ccccc2)C(=O)NC2CCCCC2)cc1. The minimum absolute atomic E-state index is 0.0404. The lowest BCUT2D eigenvalue weighted by molar-refractivity contribution is -0.140. The molecule has 0 spiro atoms. The van der Waals surface area contributed by atoms with Crippen LogP contribution in [-0.2, 0) is 32.6 Å². The van der Waals surface area contributed by atoms with Crippen LogP contribution < -0.4 is 9.62 Å². The number of halogens is 2. The van der Waals surface area contributed by atoms with Crippen molar-refractivity contribution in [2.45, 2.75) is 64.1 Å². The molecule has 1 saturated carbocycles. The van der Waals surface area contributed by atoms with Crippen LogP contribution in [0.5, 0.6) is 0 Å². The van der Waals surface area contributed by atoms with E-state index in [0.29, 0.717) is 0 Å². The van der Waals surface area contributed by atoms with Gasteiger partial charge in [0.15, 0.2) is 0 Å². The molecule has 42 heavy (non-hydrogen) atoms. The van der Waals surface area contributed by atoms with E-state index in [2.05, 4.69) is 5.32 Å².